The van der Waals surface area contributed by atoms with Gasteiger partial charge in [-0.15, -0.1) is 0 Å². The molecular weight excluding hydrogens is 212 g/mol. The fourth-order valence-electron chi connectivity index (χ4n) is 1.62. The number of hydrogen-bond acceptors (Lipinski definition) is 3. The second kappa shape index (κ2) is 6.64. The monoisotopic (exact) mass is 238 g/mol. The highest BCUT2D eigenvalue weighted by molar-refractivity contribution is 5.25. The molecule has 1 N–H and O–H groups in total. The van der Waals surface area contributed by atoms with Gasteiger partial charge in [0.15, 0.2) is 0 Å². The highest BCUT2D eigenvalue weighted by atomic mass is 15.2. The van der Waals surface area contributed by atoms with Crippen molar-refractivity contribution in [2.75, 3.05) is 25.5 Å². The summed E-state index contributed by atoms with van der Waals surface area (Å²) >= 11 is 0. The van der Waals surface area contributed by atoms with Gasteiger partial charge >= 0.3 is 0 Å². The summed E-state index contributed by atoms with van der Waals surface area (Å²) in [6.07, 6.45) is 3.89. The Morgan fingerprint density at radius 2 is 2.06 bits per heavy atom. The average Bonchev–Trinajstić information content (AvgIpc) is 2.64. The van der Waals surface area contributed by atoms with E-state index in [4.69, 9.17) is 0 Å². The maximum atomic E-state index is 4.34. The molecule has 0 saturated heterocycles. The lowest BCUT2D eigenvalue weighted by atomic mass is 10.2. The molecule has 0 amide bonds. The Kier molecular flexibility index (Phi) is 5.48. The van der Waals surface area contributed by atoms with E-state index in [2.05, 4.69) is 54.5 Å². The fraction of sp³-hybridized carbons (Fsp3) is 0.769. The smallest absolute Gasteiger partial charge is 0.202 e. The number of imidazole rings is 1. The third-order valence-electron chi connectivity index (χ3n) is 2.91. The molecule has 4 nitrogen and oxygen atoms in total. The molecule has 0 aliphatic carbocycles. The topological polar surface area (TPSA) is 33.1 Å². The van der Waals surface area contributed by atoms with Crippen LogP contribution in [-0.2, 0) is 6.54 Å². The largest absolute Gasteiger partial charge is 0.354 e. The van der Waals surface area contributed by atoms with E-state index in [1.165, 1.54) is 0 Å². The molecular formula is C13H26N4. The summed E-state index contributed by atoms with van der Waals surface area (Å²) < 4.78 is 2.18. The third kappa shape index (κ3) is 4.77. The highest BCUT2D eigenvalue weighted by Crippen LogP contribution is 2.07. The normalized spacial score (nSPS) is 11.8. The summed E-state index contributed by atoms with van der Waals surface area (Å²) in [6.45, 7) is 11.8. The lowest BCUT2D eigenvalue weighted by Gasteiger charge is -2.21. The van der Waals surface area contributed by atoms with Crippen molar-refractivity contribution in [3.8, 4) is 0 Å². The Bertz CT molecular complexity index is 317. The van der Waals surface area contributed by atoms with Crippen LogP contribution in [0.15, 0.2) is 12.4 Å². The van der Waals surface area contributed by atoms with E-state index in [0.29, 0.717) is 12.0 Å². The molecule has 0 aromatic carbocycles. The first-order valence-corrected chi connectivity index (χ1v) is 6.46. The number of nitrogens with zero attached hydrogens (tertiary/aromatic N) is 3. The molecule has 0 atom stereocenters. The van der Waals surface area contributed by atoms with Gasteiger partial charge in [-0.1, -0.05) is 13.8 Å². The maximum absolute atomic E-state index is 4.34. The van der Waals surface area contributed by atoms with Gasteiger partial charge in [0.2, 0.25) is 5.95 Å². The third-order valence-corrected chi connectivity index (χ3v) is 2.91. The molecule has 0 radical (unpaired) electrons. The van der Waals surface area contributed by atoms with Crippen molar-refractivity contribution >= 4 is 5.95 Å². The predicted octanol–water partition coefficient (Wildman–Crippen LogP) is 2.29. The first kappa shape index (κ1) is 14.0. The van der Waals surface area contributed by atoms with E-state index in [1.807, 2.05) is 12.4 Å². The van der Waals surface area contributed by atoms with Crippen molar-refractivity contribution in [2.45, 2.75) is 40.3 Å². The molecule has 0 unspecified atom stereocenters. The molecule has 0 bridgehead atoms. The van der Waals surface area contributed by atoms with E-state index in [1.54, 1.807) is 0 Å². The van der Waals surface area contributed by atoms with Crippen LogP contribution in [0.2, 0.25) is 0 Å². The molecule has 0 saturated carbocycles. The van der Waals surface area contributed by atoms with Gasteiger partial charge in [-0.25, -0.2) is 4.98 Å². The van der Waals surface area contributed by atoms with Gasteiger partial charge in [-0.2, -0.15) is 0 Å². The summed E-state index contributed by atoms with van der Waals surface area (Å²) in [5, 5.41) is 3.39. The lowest BCUT2D eigenvalue weighted by molar-refractivity contribution is 0.284. The van der Waals surface area contributed by atoms with Gasteiger partial charge in [-0.3, -0.25) is 0 Å². The van der Waals surface area contributed by atoms with Crippen LogP contribution in [0.25, 0.3) is 0 Å². The van der Waals surface area contributed by atoms with Crippen molar-refractivity contribution in [1.82, 2.24) is 14.5 Å². The van der Waals surface area contributed by atoms with E-state index in [0.717, 1.165) is 25.6 Å². The van der Waals surface area contributed by atoms with E-state index in [-0.39, 0.29) is 0 Å². The van der Waals surface area contributed by atoms with Crippen LogP contribution >= 0.6 is 0 Å². The van der Waals surface area contributed by atoms with Crippen molar-refractivity contribution in [3.63, 3.8) is 0 Å². The van der Waals surface area contributed by atoms with Crippen molar-refractivity contribution in [1.29, 1.82) is 0 Å². The number of rotatable bonds is 7. The molecule has 4 heteroatoms. The molecule has 98 valence electrons. The minimum atomic E-state index is 0.590. The highest BCUT2D eigenvalue weighted by Gasteiger charge is 2.05. The van der Waals surface area contributed by atoms with Gasteiger partial charge in [0, 0.05) is 38.1 Å². The number of hydrogen-bond donors (Lipinski definition) is 1. The van der Waals surface area contributed by atoms with Crippen LogP contribution in [0, 0.1) is 5.92 Å². The minimum absolute atomic E-state index is 0.590. The molecule has 1 aromatic heterocycles. The summed E-state index contributed by atoms with van der Waals surface area (Å²) in [5.41, 5.74) is 0. The molecule has 0 aliphatic heterocycles. The number of nitrogens with one attached hydrogen (secondary N) is 1. The SMILES string of the molecule is CC(C)Cn1ccnc1NCCN(C)C(C)C. The Labute approximate surface area is 105 Å². The second-order valence-electron chi connectivity index (χ2n) is 5.30. The zero-order chi connectivity index (χ0) is 12.8. The zero-order valence-electron chi connectivity index (χ0n) is 11.8. The van der Waals surface area contributed by atoms with Gasteiger partial charge in [0.05, 0.1) is 0 Å². The minimum Gasteiger partial charge on any atom is -0.354 e. The summed E-state index contributed by atoms with van der Waals surface area (Å²) in [4.78, 5) is 6.67. The number of aromatic nitrogens is 2. The fourth-order valence-corrected chi connectivity index (χ4v) is 1.62. The molecule has 0 spiro atoms. The molecule has 1 rings (SSSR count). The molecule has 17 heavy (non-hydrogen) atoms. The predicted molar refractivity (Wildman–Crippen MR) is 73.3 cm³/mol. The second-order valence-corrected chi connectivity index (χ2v) is 5.30. The van der Waals surface area contributed by atoms with Crippen LogP contribution < -0.4 is 5.32 Å². The standard InChI is InChI=1S/C13H26N4/c1-11(2)10-17-9-7-15-13(17)14-6-8-16(5)12(3)4/h7,9,11-12H,6,8,10H2,1-5H3,(H,14,15). The van der Waals surface area contributed by atoms with Crippen molar-refractivity contribution in [2.24, 2.45) is 5.92 Å². The Hall–Kier alpha value is -1.03. The van der Waals surface area contributed by atoms with E-state index < -0.39 is 0 Å². The summed E-state index contributed by atoms with van der Waals surface area (Å²) in [6, 6.07) is 0.590. The van der Waals surface area contributed by atoms with Crippen molar-refractivity contribution < 1.29 is 0 Å². The quantitative estimate of drug-likeness (QED) is 0.791. The van der Waals surface area contributed by atoms with Crippen LogP contribution in [0.5, 0.6) is 0 Å². The van der Waals surface area contributed by atoms with E-state index in [9.17, 15) is 0 Å². The van der Waals surface area contributed by atoms with Gasteiger partial charge in [0.1, 0.15) is 0 Å². The Balaban J connectivity index is 2.39. The Morgan fingerprint density at radius 1 is 1.35 bits per heavy atom. The number of anilines is 1. The molecule has 1 heterocycles. The van der Waals surface area contributed by atoms with E-state index >= 15 is 0 Å². The lowest BCUT2D eigenvalue weighted by Crippen LogP contribution is -2.31. The van der Waals surface area contributed by atoms with Gasteiger partial charge < -0.3 is 14.8 Å². The first-order valence-electron chi connectivity index (χ1n) is 6.46. The van der Waals surface area contributed by atoms with Crippen molar-refractivity contribution in [3.05, 3.63) is 12.4 Å². The molecule has 1 aromatic rings. The van der Waals surface area contributed by atoms with Crippen LogP contribution in [0.1, 0.15) is 27.7 Å². The first-order chi connectivity index (χ1) is 8.00. The maximum Gasteiger partial charge on any atom is 0.202 e. The van der Waals surface area contributed by atoms with Gasteiger partial charge in [-0.05, 0) is 26.8 Å². The number of likely N-dealkylation sites (N-methyl/N-ethyl adjacent to an activating group) is 1. The van der Waals surface area contributed by atoms with Gasteiger partial charge in [0.25, 0.3) is 0 Å². The summed E-state index contributed by atoms with van der Waals surface area (Å²) in [7, 11) is 2.15. The summed E-state index contributed by atoms with van der Waals surface area (Å²) in [5.74, 6) is 1.62. The van der Waals surface area contributed by atoms with Crippen LogP contribution in [0.4, 0.5) is 5.95 Å². The Morgan fingerprint density at radius 3 is 2.65 bits per heavy atom. The average molecular weight is 238 g/mol. The zero-order valence-corrected chi connectivity index (χ0v) is 11.8. The molecule has 0 fully saturated rings. The van der Waals surface area contributed by atoms with Crippen LogP contribution in [0.3, 0.4) is 0 Å². The molecule has 0 aliphatic rings. The van der Waals surface area contributed by atoms with Crippen LogP contribution in [-0.4, -0.2) is 40.6 Å².